The molecule has 0 aliphatic rings. The van der Waals surface area contributed by atoms with Crippen LogP contribution in [0.4, 0.5) is 0 Å². The monoisotopic (exact) mass is 292 g/mol. The number of benzene rings is 1. The minimum absolute atomic E-state index is 0.272. The Kier molecular flexibility index (Phi) is 6.97. The molecule has 102 valence electrons. The topological polar surface area (TPSA) is 38.7 Å². The number of aliphatic hydroxyl groups excluding tert-OH is 1. The standard InChI is InChI=1S/C13H18Cl2O3/c1-3-13(16)8-18-9(2)17-7-10-4-11(14)6-12(15)5-10/h4-6,9,13,16H,3,7-8H2,1-2H3. The maximum atomic E-state index is 9.35. The van der Waals surface area contributed by atoms with Crippen LogP contribution in [0, 0.1) is 0 Å². The average Bonchev–Trinajstić information content (AvgIpc) is 2.32. The summed E-state index contributed by atoms with van der Waals surface area (Å²) in [6.07, 6.45) is -0.169. The van der Waals surface area contributed by atoms with Crippen LogP contribution in [0.2, 0.25) is 10.0 Å². The highest BCUT2D eigenvalue weighted by Crippen LogP contribution is 2.19. The Morgan fingerprint density at radius 3 is 2.33 bits per heavy atom. The lowest BCUT2D eigenvalue weighted by Crippen LogP contribution is -2.21. The zero-order valence-electron chi connectivity index (χ0n) is 10.5. The minimum atomic E-state index is -0.448. The van der Waals surface area contributed by atoms with Crippen LogP contribution in [-0.4, -0.2) is 24.1 Å². The number of ether oxygens (including phenoxy) is 2. The van der Waals surface area contributed by atoms with Crippen LogP contribution < -0.4 is 0 Å². The van der Waals surface area contributed by atoms with Gasteiger partial charge in [0.1, 0.15) is 0 Å². The summed E-state index contributed by atoms with van der Waals surface area (Å²) >= 11 is 11.8. The molecule has 1 aromatic rings. The van der Waals surface area contributed by atoms with Gasteiger partial charge in [0.05, 0.1) is 19.3 Å². The van der Waals surface area contributed by atoms with E-state index in [2.05, 4.69) is 0 Å². The summed E-state index contributed by atoms with van der Waals surface area (Å²) in [7, 11) is 0. The third-order valence-corrected chi connectivity index (χ3v) is 2.84. The highest BCUT2D eigenvalue weighted by Gasteiger charge is 2.07. The highest BCUT2D eigenvalue weighted by molar-refractivity contribution is 6.34. The Labute approximate surface area is 118 Å². The van der Waals surface area contributed by atoms with Gasteiger partial charge in [0, 0.05) is 10.0 Å². The van der Waals surface area contributed by atoms with Crippen molar-refractivity contribution in [2.24, 2.45) is 0 Å². The van der Waals surface area contributed by atoms with Gasteiger partial charge in [-0.15, -0.1) is 0 Å². The van der Waals surface area contributed by atoms with E-state index in [1.807, 2.05) is 6.92 Å². The van der Waals surface area contributed by atoms with E-state index in [1.165, 1.54) is 0 Å². The van der Waals surface area contributed by atoms with Crippen molar-refractivity contribution in [3.8, 4) is 0 Å². The smallest absolute Gasteiger partial charge is 0.155 e. The van der Waals surface area contributed by atoms with Crippen molar-refractivity contribution in [3.05, 3.63) is 33.8 Å². The second-order valence-electron chi connectivity index (χ2n) is 4.05. The maximum Gasteiger partial charge on any atom is 0.155 e. The molecule has 2 unspecified atom stereocenters. The molecule has 0 spiro atoms. The minimum Gasteiger partial charge on any atom is -0.391 e. The van der Waals surface area contributed by atoms with Crippen LogP contribution in [0.15, 0.2) is 18.2 Å². The molecule has 0 amide bonds. The molecule has 0 heterocycles. The zero-order chi connectivity index (χ0) is 13.5. The van der Waals surface area contributed by atoms with Gasteiger partial charge >= 0.3 is 0 Å². The van der Waals surface area contributed by atoms with Crippen molar-refractivity contribution in [1.82, 2.24) is 0 Å². The van der Waals surface area contributed by atoms with E-state index in [4.69, 9.17) is 32.7 Å². The van der Waals surface area contributed by atoms with Crippen LogP contribution in [0.1, 0.15) is 25.8 Å². The Bertz CT molecular complexity index is 351. The summed E-state index contributed by atoms with van der Waals surface area (Å²) in [5, 5.41) is 10.5. The SMILES string of the molecule is CCC(O)COC(C)OCc1cc(Cl)cc(Cl)c1. The predicted octanol–water partition coefficient (Wildman–Crippen LogP) is 3.64. The maximum absolute atomic E-state index is 9.35. The van der Waals surface area contributed by atoms with Crippen LogP contribution in [-0.2, 0) is 16.1 Å². The second kappa shape index (κ2) is 7.97. The Morgan fingerprint density at radius 2 is 1.78 bits per heavy atom. The van der Waals surface area contributed by atoms with Crippen molar-refractivity contribution in [2.75, 3.05) is 6.61 Å². The first-order valence-electron chi connectivity index (χ1n) is 5.87. The predicted molar refractivity (Wildman–Crippen MR) is 73.0 cm³/mol. The Hall–Kier alpha value is -0.320. The molecule has 0 aliphatic carbocycles. The van der Waals surface area contributed by atoms with E-state index in [9.17, 15) is 5.11 Å². The molecule has 1 aromatic carbocycles. The average molecular weight is 293 g/mol. The van der Waals surface area contributed by atoms with Crippen LogP contribution >= 0.6 is 23.2 Å². The first-order valence-corrected chi connectivity index (χ1v) is 6.63. The van der Waals surface area contributed by atoms with Crippen molar-refractivity contribution in [1.29, 1.82) is 0 Å². The van der Waals surface area contributed by atoms with E-state index >= 15 is 0 Å². The molecular formula is C13H18Cl2O3. The lowest BCUT2D eigenvalue weighted by molar-refractivity contribution is -0.153. The van der Waals surface area contributed by atoms with Crippen LogP contribution in [0.5, 0.6) is 0 Å². The fraction of sp³-hybridized carbons (Fsp3) is 0.538. The number of hydrogen-bond donors (Lipinski definition) is 1. The molecule has 0 bridgehead atoms. The van der Waals surface area contributed by atoms with E-state index in [0.29, 0.717) is 23.1 Å². The molecule has 1 rings (SSSR count). The van der Waals surface area contributed by atoms with E-state index in [1.54, 1.807) is 25.1 Å². The van der Waals surface area contributed by atoms with Gasteiger partial charge in [-0.25, -0.2) is 0 Å². The van der Waals surface area contributed by atoms with Gasteiger partial charge in [0.2, 0.25) is 0 Å². The second-order valence-corrected chi connectivity index (χ2v) is 4.92. The van der Waals surface area contributed by atoms with Gasteiger partial charge in [-0.1, -0.05) is 30.1 Å². The van der Waals surface area contributed by atoms with Gasteiger partial charge in [-0.3, -0.25) is 0 Å². The highest BCUT2D eigenvalue weighted by atomic mass is 35.5. The molecule has 2 atom stereocenters. The van der Waals surface area contributed by atoms with Crippen molar-refractivity contribution < 1.29 is 14.6 Å². The molecule has 0 saturated heterocycles. The van der Waals surface area contributed by atoms with Gasteiger partial charge in [-0.05, 0) is 37.1 Å². The summed E-state index contributed by atoms with van der Waals surface area (Å²) in [4.78, 5) is 0. The Morgan fingerprint density at radius 1 is 1.17 bits per heavy atom. The van der Waals surface area contributed by atoms with Crippen molar-refractivity contribution in [3.63, 3.8) is 0 Å². The van der Waals surface area contributed by atoms with Gasteiger partial charge in [0.25, 0.3) is 0 Å². The lowest BCUT2D eigenvalue weighted by Gasteiger charge is -2.16. The quantitative estimate of drug-likeness (QED) is 0.780. The van der Waals surface area contributed by atoms with Crippen molar-refractivity contribution in [2.45, 2.75) is 39.3 Å². The van der Waals surface area contributed by atoms with Crippen LogP contribution in [0.3, 0.4) is 0 Å². The van der Waals surface area contributed by atoms with Gasteiger partial charge in [-0.2, -0.15) is 0 Å². The number of halogens is 2. The normalized spacial score (nSPS) is 14.5. The van der Waals surface area contributed by atoms with Crippen LogP contribution in [0.25, 0.3) is 0 Å². The number of rotatable bonds is 7. The van der Waals surface area contributed by atoms with E-state index in [-0.39, 0.29) is 12.9 Å². The largest absolute Gasteiger partial charge is 0.391 e. The molecule has 0 fully saturated rings. The Balaban J connectivity index is 2.35. The first kappa shape index (κ1) is 15.7. The molecule has 0 aliphatic heterocycles. The van der Waals surface area contributed by atoms with E-state index in [0.717, 1.165) is 5.56 Å². The third-order valence-electron chi connectivity index (χ3n) is 2.40. The fourth-order valence-electron chi connectivity index (χ4n) is 1.32. The lowest BCUT2D eigenvalue weighted by atomic mass is 10.2. The molecule has 1 N–H and O–H groups in total. The molecule has 5 heteroatoms. The van der Waals surface area contributed by atoms with Crippen molar-refractivity contribution >= 4 is 23.2 Å². The molecule has 18 heavy (non-hydrogen) atoms. The van der Waals surface area contributed by atoms with Gasteiger partial charge < -0.3 is 14.6 Å². The molecule has 0 radical (unpaired) electrons. The number of aliphatic hydroxyl groups is 1. The molecule has 3 nitrogen and oxygen atoms in total. The summed E-state index contributed by atoms with van der Waals surface area (Å²) in [6.45, 7) is 4.32. The summed E-state index contributed by atoms with van der Waals surface area (Å²) in [6, 6.07) is 5.26. The summed E-state index contributed by atoms with van der Waals surface area (Å²) in [5.41, 5.74) is 0.888. The van der Waals surface area contributed by atoms with E-state index < -0.39 is 6.10 Å². The number of hydrogen-bond acceptors (Lipinski definition) is 3. The first-order chi connectivity index (χ1) is 8.51. The summed E-state index contributed by atoms with van der Waals surface area (Å²) in [5.74, 6) is 0. The molecule has 0 aromatic heterocycles. The summed E-state index contributed by atoms with van der Waals surface area (Å²) < 4.78 is 10.8. The zero-order valence-corrected chi connectivity index (χ0v) is 12.0. The molecule has 0 saturated carbocycles. The third kappa shape index (κ3) is 6.03. The molecular weight excluding hydrogens is 275 g/mol. The van der Waals surface area contributed by atoms with Gasteiger partial charge in [0.15, 0.2) is 6.29 Å². The fourth-order valence-corrected chi connectivity index (χ4v) is 1.89.